The molecule has 0 bridgehead atoms. The first-order chi connectivity index (χ1) is 9.08. The molecule has 0 aliphatic carbocycles. The molecule has 2 rings (SSSR count). The zero-order valence-electron chi connectivity index (χ0n) is 10.4. The Bertz CT molecular complexity index is 556. The van der Waals surface area contributed by atoms with Gasteiger partial charge in [0.15, 0.2) is 0 Å². The van der Waals surface area contributed by atoms with Crippen LogP contribution in [-0.4, -0.2) is 6.54 Å². The minimum atomic E-state index is 0.334. The van der Waals surface area contributed by atoms with Crippen LogP contribution in [0.25, 0.3) is 0 Å². The number of halogens is 3. The highest BCUT2D eigenvalue weighted by Crippen LogP contribution is 2.28. The van der Waals surface area contributed by atoms with E-state index in [1.54, 1.807) is 17.4 Å². The van der Waals surface area contributed by atoms with E-state index in [9.17, 15) is 0 Å². The van der Waals surface area contributed by atoms with Crippen molar-refractivity contribution in [3.8, 4) is 0 Å². The van der Waals surface area contributed by atoms with Crippen molar-refractivity contribution >= 4 is 50.5 Å². The monoisotopic (exact) mass is 377 g/mol. The molecule has 0 fully saturated rings. The molecule has 0 saturated heterocycles. The summed E-state index contributed by atoms with van der Waals surface area (Å²) >= 11 is 17.3. The molecular formula is C14H14BrCl2NS. The van der Waals surface area contributed by atoms with Crippen LogP contribution in [0.5, 0.6) is 0 Å². The molecular weight excluding hydrogens is 365 g/mol. The summed E-state index contributed by atoms with van der Waals surface area (Å²) in [5.74, 6) is 0. The number of nitrogens with one attached hydrogen (secondary N) is 1. The molecule has 0 saturated carbocycles. The van der Waals surface area contributed by atoms with Crippen molar-refractivity contribution in [1.29, 1.82) is 0 Å². The average molecular weight is 379 g/mol. The van der Waals surface area contributed by atoms with Crippen LogP contribution in [0.15, 0.2) is 34.1 Å². The number of benzene rings is 1. The van der Waals surface area contributed by atoms with Crippen molar-refractivity contribution in [3.63, 3.8) is 0 Å². The van der Waals surface area contributed by atoms with Crippen LogP contribution >= 0.6 is 50.5 Å². The second-order valence-corrected chi connectivity index (χ2v) is 6.94. The first-order valence-electron chi connectivity index (χ1n) is 5.98. The minimum absolute atomic E-state index is 0.334. The minimum Gasteiger partial charge on any atom is -0.309 e. The standard InChI is InChI=1S/C14H14BrCl2NS/c1-9(14-12(15)5-7-19-14)18-6-4-10-2-3-11(16)8-13(10)17/h2-3,5,7-9,18H,4,6H2,1H3. The summed E-state index contributed by atoms with van der Waals surface area (Å²) < 4.78 is 1.17. The van der Waals surface area contributed by atoms with Crippen molar-refractivity contribution < 1.29 is 0 Å². The Kier molecular flexibility index (Phi) is 5.72. The fraction of sp³-hybridized carbons (Fsp3) is 0.286. The van der Waals surface area contributed by atoms with E-state index in [2.05, 4.69) is 39.6 Å². The third-order valence-electron chi connectivity index (χ3n) is 2.90. The van der Waals surface area contributed by atoms with E-state index >= 15 is 0 Å². The molecule has 0 radical (unpaired) electrons. The fourth-order valence-electron chi connectivity index (χ4n) is 1.85. The maximum Gasteiger partial charge on any atom is 0.0453 e. The van der Waals surface area contributed by atoms with Gasteiger partial charge >= 0.3 is 0 Å². The number of thiophene rings is 1. The Labute approximate surface area is 136 Å². The Morgan fingerprint density at radius 2 is 2.11 bits per heavy atom. The molecule has 1 nitrogen and oxygen atoms in total. The van der Waals surface area contributed by atoms with Gasteiger partial charge < -0.3 is 5.32 Å². The Hall–Kier alpha value is -0.0600. The molecule has 1 aromatic carbocycles. The van der Waals surface area contributed by atoms with Crippen LogP contribution in [0, 0.1) is 0 Å². The Morgan fingerprint density at radius 1 is 1.32 bits per heavy atom. The third-order valence-corrected chi connectivity index (χ3v) is 5.54. The molecule has 1 unspecified atom stereocenters. The summed E-state index contributed by atoms with van der Waals surface area (Å²) in [5.41, 5.74) is 1.12. The van der Waals surface area contributed by atoms with Crippen LogP contribution in [0.1, 0.15) is 23.4 Å². The number of hydrogen-bond donors (Lipinski definition) is 1. The molecule has 5 heteroatoms. The summed E-state index contributed by atoms with van der Waals surface area (Å²) in [7, 11) is 0. The lowest BCUT2D eigenvalue weighted by Gasteiger charge is -2.13. The molecule has 0 amide bonds. The quantitative estimate of drug-likeness (QED) is 0.702. The van der Waals surface area contributed by atoms with E-state index in [1.165, 1.54) is 9.35 Å². The predicted octanol–water partition coefficient (Wildman–Crippen LogP) is 5.71. The highest BCUT2D eigenvalue weighted by molar-refractivity contribution is 9.10. The molecule has 1 aromatic heterocycles. The van der Waals surface area contributed by atoms with Gasteiger partial charge in [0.1, 0.15) is 0 Å². The summed E-state index contributed by atoms with van der Waals surface area (Å²) in [6.45, 7) is 3.05. The maximum absolute atomic E-state index is 6.15. The van der Waals surface area contributed by atoms with Crippen LogP contribution < -0.4 is 5.32 Å². The van der Waals surface area contributed by atoms with E-state index < -0.39 is 0 Å². The van der Waals surface area contributed by atoms with Gasteiger partial charge in [-0.15, -0.1) is 11.3 Å². The largest absolute Gasteiger partial charge is 0.309 e. The van der Waals surface area contributed by atoms with Crippen molar-refractivity contribution in [1.82, 2.24) is 5.32 Å². The molecule has 0 aliphatic rings. The van der Waals surface area contributed by atoms with E-state index in [0.717, 1.165) is 23.6 Å². The van der Waals surface area contributed by atoms with Crippen molar-refractivity contribution in [2.24, 2.45) is 0 Å². The smallest absolute Gasteiger partial charge is 0.0453 e. The van der Waals surface area contributed by atoms with Crippen LogP contribution in [0.3, 0.4) is 0 Å². The van der Waals surface area contributed by atoms with E-state index in [0.29, 0.717) is 11.1 Å². The molecule has 0 aliphatic heterocycles. The lowest BCUT2D eigenvalue weighted by molar-refractivity contribution is 0.583. The highest BCUT2D eigenvalue weighted by Gasteiger charge is 2.10. The summed E-state index contributed by atoms with van der Waals surface area (Å²) in [5, 5.41) is 7.01. The lowest BCUT2D eigenvalue weighted by atomic mass is 10.1. The topological polar surface area (TPSA) is 12.0 Å². The molecule has 19 heavy (non-hydrogen) atoms. The normalized spacial score (nSPS) is 12.6. The average Bonchev–Trinajstić information content (AvgIpc) is 2.78. The first kappa shape index (κ1) is 15.3. The fourth-order valence-corrected chi connectivity index (χ4v) is 4.11. The molecule has 102 valence electrons. The second kappa shape index (κ2) is 7.09. The van der Waals surface area contributed by atoms with Gasteiger partial charge in [-0.05, 0) is 65.0 Å². The van der Waals surface area contributed by atoms with Crippen LogP contribution in [-0.2, 0) is 6.42 Å². The van der Waals surface area contributed by atoms with Gasteiger partial charge in [0, 0.05) is 25.4 Å². The lowest BCUT2D eigenvalue weighted by Crippen LogP contribution is -2.21. The third kappa shape index (κ3) is 4.20. The SMILES string of the molecule is CC(NCCc1ccc(Cl)cc1Cl)c1sccc1Br. The van der Waals surface area contributed by atoms with Gasteiger partial charge in [-0.25, -0.2) is 0 Å². The van der Waals surface area contributed by atoms with Gasteiger partial charge in [-0.1, -0.05) is 29.3 Å². The first-order valence-corrected chi connectivity index (χ1v) is 8.41. The molecule has 0 spiro atoms. The van der Waals surface area contributed by atoms with E-state index in [4.69, 9.17) is 23.2 Å². The van der Waals surface area contributed by atoms with Gasteiger partial charge in [0.2, 0.25) is 0 Å². The number of hydrogen-bond acceptors (Lipinski definition) is 2. The molecule has 1 atom stereocenters. The number of rotatable bonds is 5. The van der Waals surface area contributed by atoms with E-state index in [-0.39, 0.29) is 0 Å². The maximum atomic E-state index is 6.15. The zero-order chi connectivity index (χ0) is 13.8. The Balaban J connectivity index is 1.88. The van der Waals surface area contributed by atoms with Crippen molar-refractivity contribution in [2.75, 3.05) is 6.54 Å². The van der Waals surface area contributed by atoms with Gasteiger partial charge in [-0.2, -0.15) is 0 Å². The molecule has 1 N–H and O–H groups in total. The van der Waals surface area contributed by atoms with Crippen molar-refractivity contribution in [3.05, 3.63) is 54.6 Å². The summed E-state index contributed by atoms with van der Waals surface area (Å²) in [6.07, 6.45) is 0.892. The molecule has 2 aromatic rings. The summed E-state index contributed by atoms with van der Waals surface area (Å²) in [4.78, 5) is 1.32. The highest BCUT2D eigenvalue weighted by atomic mass is 79.9. The van der Waals surface area contributed by atoms with Gasteiger partial charge in [-0.3, -0.25) is 0 Å². The Morgan fingerprint density at radius 3 is 2.74 bits per heavy atom. The summed E-state index contributed by atoms with van der Waals surface area (Å²) in [6, 6.07) is 8.06. The zero-order valence-corrected chi connectivity index (χ0v) is 14.3. The van der Waals surface area contributed by atoms with Gasteiger partial charge in [0.25, 0.3) is 0 Å². The van der Waals surface area contributed by atoms with Crippen LogP contribution in [0.2, 0.25) is 10.0 Å². The second-order valence-electron chi connectivity index (χ2n) is 4.29. The molecule has 1 heterocycles. The van der Waals surface area contributed by atoms with Gasteiger partial charge in [0.05, 0.1) is 0 Å². The van der Waals surface area contributed by atoms with E-state index in [1.807, 2.05) is 12.1 Å². The predicted molar refractivity (Wildman–Crippen MR) is 88.6 cm³/mol. The van der Waals surface area contributed by atoms with Crippen molar-refractivity contribution in [2.45, 2.75) is 19.4 Å². The van der Waals surface area contributed by atoms with Crippen LogP contribution in [0.4, 0.5) is 0 Å².